The summed E-state index contributed by atoms with van der Waals surface area (Å²) in [6.45, 7) is 5.70. The van der Waals surface area contributed by atoms with E-state index in [1.807, 2.05) is 0 Å². The number of piperazine rings is 1. The van der Waals surface area contributed by atoms with E-state index in [4.69, 9.17) is 0 Å². The molecule has 2 aliphatic rings. The van der Waals surface area contributed by atoms with Crippen LogP contribution >= 0.6 is 0 Å². The zero-order chi connectivity index (χ0) is 8.55. The Labute approximate surface area is 72.7 Å². The van der Waals surface area contributed by atoms with E-state index >= 15 is 0 Å². The van der Waals surface area contributed by atoms with Crippen molar-refractivity contribution in [3.05, 3.63) is 0 Å². The lowest BCUT2D eigenvalue weighted by atomic mass is 10.1. The fraction of sp³-hybridized carbons (Fsp3) is 1.00. The van der Waals surface area contributed by atoms with E-state index in [9.17, 15) is 4.48 Å². The molecule has 0 amide bonds. The smallest absolute Gasteiger partial charge is 0.0460 e. The highest BCUT2D eigenvalue weighted by Crippen LogP contribution is 2.16. The van der Waals surface area contributed by atoms with Crippen LogP contribution in [0.4, 0.5) is 4.48 Å². The number of halogens is 1. The molecule has 12 heavy (non-hydrogen) atoms. The molecule has 2 heterocycles. The van der Waals surface area contributed by atoms with Crippen LogP contribution in [0.15, 0.2) is 0 Å². The molecule has 2 saturated heterocycles. The van der Waals surface area contributed by atoms with E-state index in [0.29, 0.717) is 19.1 Å². The van der Waals surface area contributed by atoms with E-state index < -0.39 is 0 Å². The van der Waals surface area contributed by atoms with Gasteiger partial charge in [-0.15, -0.1) is 9.60 Å². The first-order chi connectivity index (χ1) is 5.75. The number of rotatable bonds is 1. The molecule has 0 atom stereocenters. The van der Waals surface area contributed by atoms with Crippen molar-refractivity contribution in [1.29, 1.82) is 0 Å². The summed E-state index contributed by atoms with van der Waals surface area (Å²) >= 11 is 0. The largest absolute Gasteiger partial charge is 0.304 e. The van der Waals surface area contributed by atoms with Gasteiger partial charge in [0, 0.05) is 45.3 Å². The molecule has 70 valence electrons. The molecular formula is C8H16FN3. The Hall–Kier alpha value is -0.190. The second kappa shape index (κ2) is 3.28. The Balaban J connectivity index is 1.75. The Morgan fingerprint density at radius 2 is 1.67 bits per heavy atom. The first-order valence-corrected chi connectivity index (χ1v) is 4.59. The van der Waals surface area contributed by atoms with Crippen LogP contribution in [0.1, 0.15) is 0 Å². The average molecular weight is 173 g/mol. The van der Waals surface area contributed by atoms with E-state index in [0.717, 1.165) is 31.3 Å². The molecule has 3 nitrogen and oxygen atoms in total. The number of likely N-dealkylation sites (N-methyl/N-ethyl adjacent to an activating group) is 1. The van der Waals surface area contributed by atoms with E-state index in [1.54, 1.807) is 0 Å². The van der Waals surface area contributed by atoms with Crippen LogP contribution in [0.3, 0.4) is 0 Å². The highest BCUT2D eigenvalue weighted by atomic mass is 19.2. The van der Waals surface area contributed by atoms with Crippen LogP contribution in [0, 0.1) is 0 Å². The van der Waals surface area contributed by atoms with E-state index in [1.165, 1.54) is 0 Å². The van der Waals surface area contributed by atoms with Crippen molar-refractivity contribution in [3.8, 4) is 0 Å². The van der Waals surface area contributed by atoms with Gasteiger partial charge in [0.05, 0.1) is 0 Å². The van der Waals surface area contributed by atoms with E-state index in [-0.39, 0.29) is 0 Å². The van der Waals surface area contributed by atoms with Crippen molar-refractivity contribution >= 4 is 0 Å². The van der Waals surface area contributed by atoms with Gasteiger partial charge in [-0.1, -0.05) is 0 Å². The molecule has 0 aliphatic carbocycles. The topological polar surface area (TPSA) is 9.72 Å². The summed E-state index contributed by atoms with van der Waals surface area (Å²) in [5, 5.41) is 0.892. The van der Waals surface area contributed by atoms with Gasteiger partial charge in [0.2, 0.25) is 0 Å². The molecule has 0 saturated carbocycles. The summed E-state index contributed by atoms with van der Waals surface area (Å²) in [6.07, 6.45) is 0. The zero-order valence-corrected chi connectivity index (χ0v) is 7.54. The molecule has 0 radical (unpaired) electrons. The van der Waals surface area contributed by atoms with E-state index in [2.05, 4.69) is 16.8 Å². The molecule has 0 aromatic carbocycles. The lowest BCUT2D eigenvalue weighted by molar-refractivity contribution is -0.102. The summed E-state index contributed by atoms with van der Waals surface area (Å²) < 4.78 is 12.4. The minimum Gasteiger partial charge on any atom is -0.304 e. The van der Waals surface area contributed by atoms with Gasteiger partial charge in [-0.05, 0) is 7.05 Å². The summed E-state index contributed by atoms with van der Waals surface area (Å²) in [5.41, 5.74) is 0. The third kappa shape index (κ3) is 1.60. The van der Waals surface area contributed by atoms with Crippen LogP contribution in [0.5, 0.6) is 0 Å². The standard InChI is InChI=1S/C8H16FN3/c1-10-2-4-11(5-3-10)8-6-12(9)7-8/h8H,2-7H2,1H3. The van der Waals surface area contributed by atoms with Gasteiger partial charge in [0.25, 0.3) is 0 Å². The van der Waals surface area contributed by atoms with Crippen molar-refractivity contribution in [2.24, 2.45) is 0 Å². The van der Waals surface area contributed by atoms with Crippen molar-refractivity contribution in [1.82, 2.24) is 14.9 Å². The molecule has 0 aromatic heterocycles. The maximum atomic E-state index is 12.4. The van der Waals surface area contributed by atoms with Gasteiger partial charge in [-0.2, -0.15) is 0 Å². The molecule has 0 N–H and O–H groups in total. The predicted molar refractivity (Wildman–Crippen MR) is 45.5 cm³/mol. The second-order valence-electron chi connectivity index (χ2n) is 3.82. The fourth-order valence-corrected chi connectivity index (χ4v) is 1.82. The van der Waals surface area contributed by atoms with Gasteiger partial charge < -0.3 is 4.90 Å². The predicted octanol–water partition coefficient (Wildman–Crippen LogP) is -0.198. The molecule has 2 fully saturated rings. The molecule has 0 spiro atoms. The first kappa shape index (κ1) is 8.41. The Morgan fingerprint density at radius 3 is 2.17 bits per heavy atom. The highest BCUT2D eigenvalue weighted by Gasteiger charge is 2.32. The molecule has 2 rings (SSSR count). The molecule has 2 aliphatic heterocycles. The van der Waals surface area contributed by atoms with Crippen LogP contribution in [0.25, 0.3) is 0 Å². The lowest BCUT2D eigenvalue weighted by Crippen LogP contribution is -2.60. The molecular weight excluding hydrogens is 157 g/mol. The second-order valence-corrected chi connectivity index (χ2v) is 3.82. The summed E-state index contributed by atoms with van der Waals surface area (Å²) in [6, 6.07) is 0.490. The molecule has 4 heteroatoms. The molecule has 0 aromatic rings. The Kier molecular flexibility index (Phi) is 2.30. The van der Waals surface area contributed by atoms with Gasteiger partial charge in [0.15, 0.2) is 0 Å². The highest BCUT2D eigenvalue weighted by molar-refractivity contribution is 4.86. The number of nitrogens with zero attached hydrogens (tertiary/aromatic N) is 3. The monoisotopic (exact) mass is 173 g/mol. The minimum absolute atomic E-state index is 0.490. The Bertz CT molecular complexity index is 150. The van der Waals surface area contributed by atoms with Crippen molar-refractivity contribution in [3.63, 3.8) is 0 Å². The van der Waals surface area contributed by atoms with Crippen molar-refractivity contribution in [2.75, 3.05) is 46.3 Å². The zero-order valence-electron chi connectivity index (χ0n) is 7.54. The summed E-state index contributed by atoms with van der Waals surface area (Å²) in [4.78, 5) is 4.72. The quantitative estimate of drug-likeness (QED) is 0.509. The van der Waals surface area contributed by atoms with Crippen LogP contribution in [-0.2, 0) is 0 Å². The fourth-order valence-electron chi connectivity index (χ4n) is 1.82. The van der Waals surface area contributed by atoms with Gasteiger partial charge in [-0.25, -0.2) is 0 Å². The molecule has 0 unspecified atom stereocenters. The van der Waals surface area contributed by atoms with Gasteiger partial charge in [-0.3, -0.25) is 4.90 Å². The maximum absolute atomic E-state index is 12.4. The number of hydrogen-bond donors (Lipinski definition) is 0. The van der Waals surface area contributed by atoms with Gasteiger partial charge in [0.1, 0.15) is 0 Å². The van der Waals surface area contributed by atoms with Crippen LogP contribution < -0.4 is 0 Å². The third-order valence-corrected chi connectivity index (χ3v) is 2.87. The van der Waals surface area contributed by atoms with Crippen LogP contribution in [-0.4, -0.2) is 67.3 Å². The third-order valence-electron chi connectivity index (χ3n) is 2.87. The normalized spacial score (nSPS) is 30.5. The van der Waals surface area contributed by atoms with Crippen molar-refractivity contribution < 1.29 is 4.48 Å². The minimum atomic E-state index is 0.490. The Morgan fingerprint density at radius 1 is 1.08 bits per heavy atom. The molecule has 0 bridgehead atoms. The summed E-state index contributed by atoms with van der Waals surface area (Å²) in [5.74, 6) is 0. The lowest BCUT2D eigenvalue weighted by Gasteiger charge is -2.44. The maximum Gasteiger partial charge on any atom is 0.0460 e. The summed E-state index contributed by atoms with van der Waals surface area (Å²) in [7, 11) is 2.14. The average Bonchev–Trinajstić information content (AvgIpc) is 2.01. The van der Waals surface area contributed by atoms with Crippen LogP contribution in [0.2, 0.25) is 0 Å². The van der Waals surface area contributed by atoms with Gasteiger partial charge >= 0.3 is 0 Å². The SMILES string of the molecule is CN1CCN(C2CN(F)C2)CC1. The van der Waals surface area contributed by atoms with Crippen molar-refractivity contribution in [2.45, 2.75) is 6.04 Å². The number of hydrogen-bond acceptors (Lipinski definition) is 3. The first-order valence-electron chi connectivity index (χ1n) is 4.59.